The Labute approximate surface area is 115 Å². The zero-order valence-corrected chi connectivity index (χ0v) is 10.7. The average molecular weight is 276 g/mol. The largest absolute Gasteiger partial charge is 0.490 e. The number of aliphatic hydroxyl groups excluding tert-OH is 1. The van der Waals surface area contributed by atoms with Gasteiger partial charge in [0.15, 0.2) is 0 Å². The zero-order valence-electron chi connectivity index (χ0n) is 10.7. The van der Waals surface area contributed by atoms with Gasteiger partial charge in [-0.2, -0.15) is 0 Å². The lowest BCUT2D eigenvalue weighted by Crippen LogP contribution is -2.02. The maximum absolute atomic E-state index is 13.1. The monoisotopic (exact) mass is 276 g/mol. The smallest absolute Gasteiger partial charge is 0.126 e. The van der Waals surface area contributed by atoms with E-state index < -0.39 is 17.7 Å². The summed E-state index contributed by atoms with van der Waals surface area (Å²) in [5.41, 5.74) is 0.761. The number of hydrogen-bond donors (Lipinski definition) is 1. The van der Waals surface area contributed by atoms with Gasteiger partial charge in [0.2, 0.25) is 0 Å². The predicted molar refractivity (Wildman–Crippen MR) is 70.5 cm³/mol. The number of ether oxygens (including phenoxy) is 1. The molecule has 2 nitrogen and oxygen atoms in total. The second-order valence-corrected chi connectivity index (χ2v) is 4.99. The summed E-state index contributed by atoms with van der Waals surface area (Å²) in [7, 11) is 0. The summed E-state index contributed by atoms with van der Waals surface area (Å²) in [5.74, 6) is -0.658. The molecule has 1 aliphatic rings. The summed E-state index contributed by atoms with van der Waals surface area (Å²) >= 11 is 0. The molecule has 0 radical (unpaired) electrons. The lowest BCUT2D eigenvalue weighted by Gasteiger charge is -2.13. The molecule has 0 bridgehead atoms. The fraction of sp³-hybridized carbons (Fsp3) is 0.250. The molecule has 20 heavy (non-hydrogen) atoms. The van der Waals surface area contributed by atoms with Crippen LogP contribution in [0.4, 0.5) is 8.78 Å². The number of hydrogen-bond acceptors (Lipinski definition) is 2. The van der Waals surface area contributed by atoms with Crippen LogP contribution in [0.1, 0.15) is 30.1 Å². The topological polar surface area (TPSA) is 29.5 Å². The Morgan fingerprint density at radius 1 is 0.950 bits per heavy atom. The SMILES string of the molecule is OC(c1ccc(OC2CC2)cc1)c1cc(F)cc(F)c1. The number of rotatable bonds is 4. The van der Waals surface area contributed by atoms with Gasteiger partial charge in [-0.3, -0.25) is 0 Å². The van der Waals surface area contributed by atoms with Crippen molar-refractivity contribution < 1.29 is 18.6 Å². The second kappa shape index (κ2) is 5.21. The van der Waals surface area contributed by atoms with Crippen LogP contribution in [0, 0.1) is 11.6 Å². The molecule has 1 saturated carbocycles. The van der Waals surface area contributed by atoms with Crippen LogP contribution < -0.4 is 4.74 Å². The minimum absolute atomic E-state index is 0.193. The Bertz CT molecular complexity index is 586. The van der Waals surface area contributed by atoms with Crippen molar-refractivity contribution in [3.63, 3.8) is 0 Å². The molecule has 4 heteroatoms. The number of aliphatic hydroxyl groups is 1. The third-order valence-corrected chi connectivity index (χ3v) is 3.22. The number of halogens is 2. The van der Waals surface area contributed by atoms with E-state index in [2.05, 4.69) is 0 Å². The summed E-state index contributed by atoms with van der Waals surface area (Å²) < 4.78 is 31.9. The van der Waals surface area contributed by atoms with Crippen LogP contribution in [0.15, 0.2) is 42.5 Å². The van der Waals surface area contributed by atoms with Gasteiger partial charge in [-0.1, -0.05) is 12.1 Å². The molecular formula is C16H14F2O2. The van der Waals surface area contributed by atoms with E-state index >= 15 is 0 Å². The molecule has 1 unspecified atom stereocenters. The Kier molecular flexibility index (Phi) is 3.40. The molecule has 2 aromatic rings. The Morgan fingerprint density at radius 2 is 1.55 bits per heavy atom. The van der Waals surface area contributed by atoms with Gasteiger partial charge < -0.3 is 9.84 Å². The van der Waals surface area contributed by atoms with Gasteiger partial charge in [0.05, 0.1) is 6.10 Å². The van der Waals surface area contributed by atoms with Crippen LogP contribution in [-0.4, -0.2) is 11.2 Å². The quantitative estimate of drug-likeness (QED) is 0.924. The van der Waals surface area contributed by atoms with Gasteiger partial charge in [0.25, 0.3) is 0 Å². The molecule has 0 aromatic heterocycles. The summed E-state index contributed by atoms with van der Waals surface area (Å²) in [6, 6.07) is 9.95. The van der Waals surface area contributed by atoms with E-state index in [0.29, 0.717) is 11.7 Å². The summed E-state index contributed by atoms with van der Waals surface area (Å²) in [6.45, 7) is 0. The van der Waals surface area contributed by atoms with Gasteiger partial charge in [-0.15, -0.1) is 0 Å². The highest BCUT2D eigenvalue weighted by molar-refractivity contribution is 5.34. The van der Waals surface area contributed by atoms with Crippen LogP contribution in [0.5, 0.6) is 5.75 Å². The van der Waals surface area contributed by atoms with Gasteiger partial charge >= 0.3 is 0 Å². The number of benzene rings is 2. The van der Waals surface area contributed by atoms with E-state index in [-0.39, 0.29) is 5.56 Å². The van der Waals surface area contributed by atoms with Crippen LogP contribution in [-0.2, 0) is 0 Å². The molecule has 0 amide bonds. The van der Waals surface area contributed by atoms with Gasteiger partial charge in [-0.05, 0) is 48.2 Å². The van der Waals surface area contributed by atoms with Crippen molar-refractivity contribution in [1.82, 2.24) is 0 Å². The molecule has 1 fully saturated rings. The first-order chi connectivity index (χ1) is 9.61. The molecule has 2 aromatic carbocycles. The average Bonchev–Trinajstić information content (AvgIpc) is 3.22. The Hall–Kier alpha value is -1.94. The maximum atomic E-state index is 13.1. The first-order valence-electron chi connectivity index (χ1n) is 6.52. The normalized spacial score (nSPS) is 15.9. The summed E-state index contributed by atoms with van der Waals surface area (Å²) in [4.78, 5) is 0. The minimum atomic E-state index is -1.06. The summed E-state index contributed by atoms with van der Waals surface area (Å²) in [5, 5.41) is 10.2. The van der Waals surface area contributed by atoms with Crippen LogP contribution in [0.3, 0.4) is 0 Å². The fourth-order valence-corrected chi connectivity index (χ4v) is 2.03. The van der Waals surface area contributed by atoms with E-state index in [4.69, 9.17) is 4.74 Å². The lowest BCUT2D eigenvalue weighted by atomic mass is 10.0. The molecule has 0 spiro atoms. The fourth-order valence-electron chi connectivity index (χ4n) is 2.03. The molecule has 1 atom stereocenters. The Balaban J connectivity index is 1.79. The van der Waals surface area contributed by atoms with E-state index in [1.54, 1.807) is 24.3 Å². The molecule has 0 aliphatic heterocycles. The van der Waals surface area contributed by atoms with Gasteiger partial charge in [-0.25, -0.2) is 8.78 Å². The van der Waals surface area contributed by atoms with Crippen LogP contribution in [0.25, 0.3) is 0 Å². The predicted octanol–water partition coefficient (Wildman–Crippen LogP) is 3.59. The van der Waals surface area contributed by atoms with Crippen molar-refractivity contribution in [2.75, 3.05) is 0 Å². The molecule has 3 rings (SSSR count). The van der Waals surface area contributed by atoms with Gasteiger partial charge in [0, 0.05) is 6.07 Å². The maximum Gasteiger partial charge on any atom is 0.126 e. The third kappa shape index (κ3) is 2.96. The molecule has 1 N–H and O–H groups in total. The third-order valence-electron chi connectivity index (χ3n) is 3.22. The van der Waals surface area contributed by atoms with Crippen molar-refractivity contribution in [3.05, 3.63) is 65.2 Å². The highest BCUT2D eigenvalue weighted by Gasteiger charge is 2.23. The first kappa shape index (κ1) is 13.1. The van der Waals surface area contributed by atoms with E-state index in [9.17, 15) is 13.9 Å². The minimum Gasteiger partial charge on any atom is -0.490 e. The first-order valence-corrected chi connectivity index (χ1v) is 6.52. The lowest BCUT2D eigenvalue weighted by molar-refractivity contribution is 0.219. The Morgan fingerprint density at radius 3 is 2.10 bits per heavy atom. The molecule has 104 valence electrons. The van der Waals surface area contributed by atoms with Gasteiger partial charge in [0.1, 0.15) is 23.5 Å². The van der Waals surface area contributed by atoms with Crippen molar-refractivity contribution in [2.45, 2.75) is 25.0 Å². The highest BCUT2D eigenvalue weighted by Crippen LogP contribution is 2.29. The zero-order chi connectivity index (χ0) is 14.1. The second-order valence-electron chi connectivity index (χ2n) is 4.99. The molecule has 0 saturated heterocycles. The summed E-state index contributed by atoms with van der Waals surface area (Å²) in [6.07, 6.45) is 1.40. The van der Waals surface area contributed by atoms with Crippen molar-refractivity contribution in [2.24, 2.45) is 0 Å². The van der Waals surface area contributed by atoms with Crippen molar-refractivity contribution in [3.8, 4) is 5.75 Å². The standard InChI is InChI=1S/C16H14F2O2/c17-12-7-11(8-13(18)9-12)16(19)10-1-3-14(4-2-10)20-15-5-6-15/h1-4,7-9,15-16,19H,5-6H2. The highest BCUT2D eigenvalue weighted by atomic mass is 19.1. The van der Waals surface area contributed by atoms with E-state index in [1.807, 2.05) is 0 Å². The molecule has 1 aliphatic carbocycles. The molecular weight excluding hydrogens is 262 g/mol. The van der Waals surface area contributed by atoms with Crippen molar-refractivity contribution >= 4 is 0 Å². The van der Waals surface area contributed by atoms with E-state index in [1.165, 1.54) is 0 Å². The van der Waals surface area contributed by atoms with Crippen LogP contribution in [0.2, 0.25) is 0 Å². The van der Waals surface area contributed by atoms with Crippen molar-refractivity contribution in [1.29, 1.82) is 0 Å². The molecule has 0 heterocycles. The van der Waals surface area contributed by atoms with Crippen LogP contribution >= 0.6 is 0 Å². The van der Waals surface area contributed by atoms with E-state index in [0.717, 1.165) is 36.8 Å².